The Hall–Kier alpha value is 0.880. The second-order valence-electron chi connectivity index (χ2n) is 1.88. The van der Waals surface area contributed by atoms with Gasteiger partial charge in [-0.15, -0.1) is 0 Å². The van der Waals surface area contributed by atoms with Crippen LogP contribution in [-0.4, -0.2) is 77.5 Å². The number of hydrogen-bond donors (Lipinski definition) is 2. The maximum absolute atomic E-state index is 8.47. The van der Waals surface area contributed by atoms with Crippen LogP contribution in [0.4, 0.5) is 0 Å². The van der Waals surface area contributed by atoms with Crippen molar-refractivity contribution in [1.29, 1.82) is 0 Å². The van der Waals surface area contributed by atoms with Crippen LogP contribution in [0.2, 0.25) is 0 Å². The van der Waals surface area contributed by atoms with Crippen LogP contribution in [0, 0.1) is 0 Å². The number of aliphatic hydroxyl groups is 2. The molecule has 1 radical (unpaired) electrons. The summed E-state index contributed by atoms with van der Waals surface area (Å²) in [5.74, 6) is 0. The zero-order chi connectivity index (χ0) is 7.11. The number of aliphatic hydroxyl groups excluding tert-OH is 2. The molecule has 0 aromatic rings. The largest absolute Gasteiger partial charge is 0.395 e. The van der Waals surface area contributed by atoms with E-state index in [-0.39, 0.29) is 42.8 Å². The molecule has 0 fully saturated rings. The van der Waals surface area contributed by atoms with E-state index >= 15 is 0 Å². The van der Waals surface area contributed by atoms with Crippen molar-refractivity contribution in [1.82, 2.24) is 4.90 Å². The van der Waals surface area contributed by atoms with Crippen molar-refractivity contribution in [2.45, 2.75) is 6.92 Å². The van der Waals surface area contributed by atoms with Crippen LogP contribution in [0.3, 0.4) is 0 Å². The first kappa shape index (κ1) is 13.5. The molecule has 0 unspecified atom stereocenters. The van der Waals surface area contributed by atoms with Crippen molar-refractivity contribution in [2.24, 2.45) is 0 Å². The van der Waals surface area contributed by atoms with Gasteiger partial charge in [-0.25, -0.2) is 0 Å². The van der Waals surface area contributed by atoms with Crippen LogP contribution < -0.4 is 0 Å². The maximum atomic E-state index is 8.47. The quantitative estimate of drug-likeness (QED) is 0.497. The predicted octanol–water partition coefficient (Wildman–Crippen LogP) is -1.09. The summed E-state index contributed by atoms with van der Waals surface area (Å²) in [5, 5.41) is 16.9. The molecule has 0 bridgehead atoms. The number of likely N-dealkylation sites (N-methyl/N-ethyl adjacent to an activating group) is 1. The average Bonchev–Trinajstić information content (AvgIpc) is 1.88. The first-order chi connectivity index (χ1) is 4.35. The molecule has 0 aromatic carbocycles. The minimum atomic E-state index is 0. The summed E-state index contributed by atoms with van der Waals surface area (Å²) in [7, 11) is 0. The van der Waals surface area contributed by atoms with E-state index in [1.165, 1.54) is 0 Å². The monoisotopic (exact) mass is 156 g/mol. The van der Waals surface area contributed by atoms with E-state index in [2.05, 4.69) is 0 Å². The molecule has 0 aliphatic heterocycles. The summed E-state index contributed by atoms with van der Waals surface area (Å²) < 4.78 is 0. The zero-order valence-corrected chi connectivity index (χ0v) is 8.88. The Balaban J connectivity index is 0. The van der Waals surface area contributed by atoms with Gasteiger partial charge in [-0.05, 0) is 6.54 Å². The smallest absolute Gasteiger partial charge is 0.0558 e. The van der Waals surface area contributed by atoms with Gasteiger partial charge in [-0.1, -0.05) is 6.92 Å². The van der Waals surface area contributed by atoms with Crippen LogP contribution in [0.25, 0.3) is 0 Å². The molecule has 0 aliphatic carbocycles. The van der Waals surface area contributed by atoms with Gasteiger partial charge >= 0.3 is 0 Å². The second-order valence-corrected chi connectivity index (χ2v) is 1.88. The van der Waals surface area contributed by atoms with Crippen LogP contribution in [-0.2, 0) is 0 Å². The van der Waals surface area contributed by atoms with Gasteiger partial charge in [0.2, 0.25) is 0 Å². The molecule has 0 saturated carbocycles. The summed E-state index contributed by atoms with van der Waals surface area (Å²) >= 11 is 0. The minimum absolute atomic E-state index is 0. The Morgan fingerprint density at radius 3 is 1.70 bits per heavy atom. The topological polar surface area (TPSA) is 43.7 Å². The summed E-state index contributed by atoms with van der Waals surface area (Å²) in [5.41, 5.74) is 0. The fourth-order valence-corrected chi connectivity index (χ4v) is 0.711. The Bertz CT molecular complexity index is 57.7. The van der Waals surface area contributed by atoms with Crippen molar-refractivity contribution < 1.29 is 10.2 Å². The number of rotatable bonds is 5. The summed E-state index contributed by atoms with van der Waals surface area (Å²) in [6.45, 7) is 4.57. The first-order valence-electron chi connectivity index (χ1n) is 3.29. The summed E-state index contributed by atoms with van der Waals surface area (Å²) in [6, 6.07) is 0. The molecule has 57 valence electrons. The van der Waals surface area contributed by atoms with E-state index < -0.39 is 0 Å². The van der Waals surface area contributed by atoms with Crippen molar-refractivity contribution >= 4 is 29.6 Å². The van der Waals surface area contributed by atoms with Gasteiger partial charge in [0.05, 0.1) is 13.2 Å². The van der Waals surface area contributed by atoms with E-state index in [1.807, 2.05) is 11.8 Å². The Morgan fingerprint density at radius 1 is 1.10 bits per heavy atom. The average molecular weight is 156 g/mol. The molecule has 0 atom stereocenters. The van der Waals surface area contributed by atoms with Crippen LogP contribution >= 0.6 is 0 Å². The standard InChI is InChI=1S/C6H15NO2.Na/c1-2-7(3-5-8)4-6-9;/h8-9H,2-6H2,1H3;. The molecule has 0 amide bonds. The van der Waals surface area contributed by atoms with Gasteiger partial charge in [0.1, 0.15) is 0 Å². The van der Waals surface area contributed by atoms with Gasteiger partial charge in [0.15, 0.2) is 0 Å². The third-order valence-corrected chi connectivity index (χ3v) is 1.28. The third-order valence-electron chi connectivity index (χ3n) is 1.28. The molecule has 0 aromatic heterocycles. The minimum Gasteiger partial charge on any atom is -0.395 e. The maximum Gasteiger partial charge on any atom is 0.0558 e. The second kappa shape index (κ2) is 9.88. The van der Waals surface area contributed by atoms with Crippen molar-refractivity contribution in [3.63, 3.8) is 0 Å². The van der Waals surface area contributed by atoms with Crippen molar-refractivity contribution in [2.75, 3.05) is 32.8 Å². The fourth-order valence-electron chi connectivity index (χ4n) is 0.711. The van der Waals surface area contributed by atoms with E-state index in [1.54, 1.807) is 0 Å². The molecule has 0 rings (SSSR count). The molecule has 0 saturated heterocycles. The van der Waals surface area contributed by atoms with Gasteiger partial charge < -0.3 is 10.2 Å². The Kier molecular flexibility index (Phi) is 13.3. The molecule has 0 aliphatic rings. The summed E-state index contributed by atoms with van der Waals surface area (Å²) in [4.78, 5) is 1.99. The van der Waals surface area contributed by atoms with Crippen LogP contribution in [0.15, 0.2) is 0 Å². The number of nitrogens with zero attached hydrogens (tertiary/aromatic N) is 1. The normalized spacial score (nSPS) is 9.60. The van der Waals surface area contributed by atoms with Gasteiger partial charge in [0, 0.05) is 42.6 Å². The molecular formula is C6H15NNaO2. The van der Waals surface area contributed by atoms with Crippen LogP contribution in [0.5, 0.6) is 0 Å². The van der Waals surface area contributed by atoms with Crippen molar-refractivity contribution in [3.8, 4) is 0 Å². The van der Waals surface area contributed by atoms with Crippen LogP contribution in [0.1, 0.15) is 6.92 Å². The van der Waals surface area contributed by atoms with Gasteiger partial charge in [-0.3, -0.25) is 4.90 Å². The molecule has 3 nitrogen and oxygen atoms in total. The van der Waals surface area contributed by atoms with E-state index in [9.17, 15) is 0 Å². The Morgan fingerprint density at radius 2 is 1.50 bits per heavy atom. The molecular weight excluding hydrogens is 141 g/mol. The zero-order valence-electron chi connectivity index (χ0n) is 6.88. The fraction of sp³-hybridized carbons (Fsp3) is 1.00. The van der Waals surface area contributed by atoms with E-state index in [4.69, 9.17) is 10.2 Å². The SMILES string of the molecule is CCN(CCO)CCO.[Na]. The number of hydrogen-bond acceptors (Lipinski definition) is 3. The van der Waals surface area contributed by atoms with Gasteiger partial charge in [0.25, 0.3) is 0 Å². The predicted molar refractivity (Wildman–Crippen MR) is 42.0 cm³/mol. The first-order valence-corrected chi connectivity index (χ1v) is 3.29. The Labute approximate surface area is 84.3 Å². The molecule has 0 spiro atoms. The molecule has 4 heteroatoms. The molecule has 0 heterocycles. The van der Waals surface area contributed by atoms with E-state index in [0.717, 1.165) is 6.54 Å². The molecule has 10 heavy (non-hydrogen) atoms. The third kappa shape index (κ3) is 6.99. The van der Waals surface area contributed by atoms with Gasteiger partial charge in [-0.2, -0.15) is 0 Å². The molecule has 2 N–H and O–H groups in total. The van der Waals surface area contributed by atoms with Crippen molar-refractivity contribution in [3.05, 3.63) is 0 Å². The summed E-state index contributed by atoms with van der Waals surface area (Å²) in [6.07, 6.45) is 0. The van der Waals surface area contributed by atoms with E-state index in [0.29, 0.717) is 13.1 Å².